The van der Waals surface area contributed by atoms with Gasteiger partial charge in [-0.05, 0) is 25.3 Å². The molecular weight excluding hydrogens is 332 g/mol. The van der Waals surface area contributed by atoms with Crippen LogP contribution in [-0.2, 0) is 17.9 Å². The number of rotatable bonds is 7. The van der Waals surface area contributed by atoms with Gasteiger partial charge in [-0.15, -0.1) is 0 Å². The molecule has 0 aliphatic carbocycles. The van der Waals surface area contributed by atoms with Crippen LogP contribution >= 0.6 is 0 Å². The topological polar surface area (TPSA) is 96.3 Å². The number of aromatic nitrogens is 1. The van der Waals surface area contributed by atoms with Crippen molar-refractivity contribution in [2.24, 2.45) is 5.92 Å². The number of hydrogen-bond acceptors (Lipinski definition) is 4. The molecular formula is C19H26N4O3. The first-order valence-electron chi connectivity index (χ1n) is 8.65. The van der Waals surface area contributed by atoms with Crippen molar-refractivity contribution in [3.8, 4) is 0 Å². The summed E-state index contributed by atoms with van der Waals surface area (Å²) >= 11 is 0. The Balaban J connectivity index is 1.86. The Bertz CT molecular complexity index is 721. The summed E-state index contributed by atoms with van der Waals surface area (Å²) in [4.78, 5) is 28.8. The van der Waals surface area contributed by atoms with Crippen LogP contribution in [0.2, 0.25) is 0 Å². The van der Waals surface area contributed by atoms with Crippen molar-refractivity contribution in [1.82, 2.24) is 20.9 Å². The van der Waals surface area contributed by atoms with Gasteiger partial charge >= 0.3 is 6.03 Å². The molecule has 0 radical (unpaired) electrons. The molecule has 0 spiro atoms. The van der Waals surface area contributed by atoms with E-state index in [-0.39, 0.29) is 24.4 Å². The minimum atomic E-state index is -0.650. The fourth-order valence-electron chi connectivity index (χ4n) is 2.39. The minimum Gasteiger partial charge on any atom is -0.444 e. The number of nitrogens with one attached hydrogen (secondary N) is 3. The fourth-order valence-corrected chi connectivity index (χ4v) is 2.39. The second kappa shape index (κ2) is 9.03. The Kier molecular flexibility index (Phi) is 6.77. The summed E-state index contributed by atoms with van der Waals surface area (Å²) < 4.78 is 5.45. The highest BCUT2D eigenvalue weighted by Gasteiger charge is 2.24. The summed E-state index contributed by atoms with van der Waals surface area (Å²) in [6.07, 6.45) is 0. The van der Waals surface area contributed by atoms with Gasteiger partial charge in [0.2, 0.25) is 11.8 Å². The number of nitrogens with zero attached hydrogens (tertiary/aromatic N) is 1. The third kappa shape index (κ3) is 5.61. The van der Waals surface area contributed by atoms with Crippen molar-refractivity contribution >= 4 is 11.9 Å². The summed E-state index contributed by atoms with van der Waals surface area (Å²) in [5.41, 5.74) is 1.79. The minimum absolute atomic E-state index is 0.0643. The molecule has 0 saturated carbocycles. The van der Waals surface area contributed by atoms with Gasteiger partial charge in [0.15, 0.2) is 0 Å². The molecule has 0 aliphatic rings. The van der Waals surface area contributed by atoms with Gasteiger partial charge in [0.05, 0.1) is 12.2 Å². The summed E-state index contributed by atoms with van der Waals surface area (Å²) in [5, 5.41) is 8.25. The molecule has 1 unspecified atom stereocenters. The van der Waals surface area contributed by atoms with Gasteiger partial charge in [0, 0.05) is 6.54 Å². The van der Waals surface area contributed by atoms with Crippen LogP contribution < -0.4 is 16.0 Å². The van der Waals surface area contributed by atoms with E-state index in [2.05, 4.69) is 20.9 Å². The fraction of sp³-hybridized carbons (Fsp3) is 0.421. The molecule has 3 amide bonds. The van der Waals surface area contributed by atoms with Gasteiger partial charge in [-0.3, -0.25) is 4.79 Å². The number of urea groups is 1. The smallest absolute Gasteiger partial charge is 0.315 e. The van der Waals surface area contributed by atoms with Gasteiger partial charge < -0.3 is 20.4 Å². The van der Waals surface area contributed by atoms with Crippen molar-refractivity contribution in [1.29, 1.82) is 0 Å². The largest absolute Gasteiger partial charge is 0.444 e. The second-order valence-electron chi connectivity index (χ2n) is 6.50. The molecule has 2 rings (SSSR count). The number of aryl methyl sites for hydroxylation is 2. The van der Waals surface area contributed by atoms with Gasteiger partial charge in [-0.2, -0.15) is 0 Å². The van der Waals surface area contributed by atoms with Crippen LogP contribution in [0.25, 0.3) is 0 Å². The van der Waals surface area contributed by atoms with E-state index in [1.165, 1.54) is 0 Å². The zero-order chi connectivity index (χ0) is 19.1. The number of benzene rings is 1. The summed E-state index contributed by atoms with van der Waals surface area (Å²) in [6, 6.07) is 8.55. The molecule has 2 aromatic rings. The van der Waals surface area contributed by atoms with E-state index in [9.17, 15) is 9.59 Å². The van der Waals surface area contributed by atoms with Crippen LogP contribution in [0.4, 0.5) is 4.79 Å². The molecule has 0 aliphatic heterocycles. The van der Waals surface area contributed by atoms with Gasteiger partial charge in [0.25, 0.3) is 0 Å². The molecule has 0 saturated heterocycles. The normalized spacial score (nSPS) is 11.9. The number of amides is 3. The monoisotopic (exact) mass is 358 g/mol. The highest BCUT2D eigenvalue weighted by Crippen LogP contribution is 2.08. The first-order valence-corrected chi connectivity index (χ1v) is 8.65. The molecule has 0 fully saturated rings. The second-order valence-corrected chi connectivity index (χ2v) is 6.50. The molecule has 0 bridgehead atoms. The van der Waals surface area contributed by atoms with E-state index in [1.54, 1.807) is 0 Å². The number of hydrogen-bond donors (Lipinski definition) is 3. The van der Waals surface area contributed by atoms with Crippen LogP contribution in [0.3, 0.4) is 0 Å². The van der Waals surface area contributed by atoms with Crippen LogP contribution in [0.15, 0.2) is 34.7 Å². The van der Waals surface area contributed by atoms with E-state index in [0.29, 0.717) is 12.4 Å². The highest BCUT2D eigenvalue weighted by molar-refractivity contribution is 5.87. The maximum atomic E-state index is 12.4. The van der Waals surface area contributed by atoms with Crippen molar-refractivity contribution in [2.75, 3.05) is 0 Å². The SMILES string of the molecule is Cc1nc(CNC(=O)C(NC(=O)NCc2ccccc2)C(C)C)oc1C. The third-order valence-corrected chi connectivity index (χ3v) is 4.02. The molecule has 1 heterocycles. The predicted octanol–water partition coefficient (Wildman–Crippen LogP) is 2.43. The molecule has 7 nitrogen and oxygen atoms in total. The Hall–Kier alpha value is -2.83. The van der Waals surface area contributed by atoms with Gasteiger partial charge in [-0.1, -0.05) is 44.2 Å². The van der Waals surface area contributed by atoms with Crippen LogP contribution in [0.5, 0.6) is 0 Å². The molecule has 140 valence electrons. The van der Waals surface area contributed by atoms with E-state index in [1.807, 2.05) is 58.0 Å². The summed E-state index contributed by atoms with van der Waals surface area (Å²) in [7, 11) is 0. The number of carbonyl (C=O) groups is 2. The maximum absolute atomic E-state index is 12.4. The van der Waals surface area contributed by atoms with Crippen LogP contribution in [0, 0.1) is 19.8 Å². The molecule has 7 heteroatoms. The summed E-state index contributed by atoms with van der Waals surface area (Å²) in [6.45, 7) is 8.00. The maximum Gasteiger partial charge on any atom is 0.315 e. The Morgan fingerprint density at radius 2 is 1.77 bits per heavy atom. The first kappa shape index (κ1) is 19.5. The van der Waals surface area contributed by atoms with Crippen LogP contribution in [-0.4, -0.2) is 23.0 Å². The Labute approximate surface area is 153 Å². The molecule has 1 aromatic heterocycles. The lowest BCUT2D eigenvalue weighted by Crippen LogP contribution is -2.52. The summed E-state index contributed by atoms with van der Waals surface area (Å²) in [5.74, 6) is 0.839. The average Bonchev–Trinajstić information content (AvgIpc) is 2.94. The Morgan fingerprint density at radius 3 is 2.35 bits per heavy atom. The van der Waals surface area contributed by atoms with Gasteiger partial charge in [-0.25, -0.2) is 9.78 Å². The lowest BCUT2D eigenvalue weighted by atomic mass is 10.0. The lowest BCUT2D eigenvalue weighted by molar-refractivity contribution is -0.124. The Morgan fingerprint density at radius 1 is 1.08 bits per heavy atom. The molecule has 1 atom stereocenters. The van der Waals surface area contributed by atoms with E-state index in [4.69, 9.17) is 4.42 Å². The lowest BCUT2D eigenvalue weighted by Gasteiger charge is -2.21. The zero-order valence-electron chi connectivity index (χ0n) is 15.6. The van der Waals surface area contributed by atoms with Crippen LogP contribution in [0.1, 0.15) is 36.8 Å². The highest BCUT2D eigenvalue weighted by atomic mass is 16.4. The average molecular weight is 358 g/mol. The number of carbonyl (C=O) groups excluding carboxylic acids is 2. The molecule has 1 aromatic carbocycles. The standard InChI is InChI=1S/C19H26N4O3/c1-12(2)17(18(24)20-11-16-22-13(3)14(4)26-16)23-19(25)21-10-15-8-6-5-7-9-15/h5-9,12,17H,10-11H2,1-4H3,(H,20,24)(H2,21,23,25). The molecule has 3 N–H and O–H groups in total. The van der Waals surface area contributed by atoms with Crippen molar-refractivity contribution in [3.63, 3.8) is 0 Å². The van der Waals surface area contributed by atoms with Crippen molar-refractivity contribution in [3.05, 3.63) is 53.2 Å². The predicted molar refractivity (Wildman–Crippen MR) is 98.3 cm³/mol. The van der Waals surface area contributed by atoms with E-state index >= 15 is 0 Å². The van der Waals surface area contributed by atoms with Crippen molar-refractivity contribution < 1.29 is 14.0 Å². The molecule has 26 heavy (non-hydrogen) atoms. The number of oxazole rings is 1. The van der Waals surface area contributed by atoms with Crippen molar-refractivity contribution in [2.45, 2.75) is 46.8 Å². The zero-order valence-corrected chi connectivity index (χ0v) is 15.6. The van der Waals surface area contributed by atoms with E-state index < -0.39 is 6.04 Å². The third-order valence-electron chi connectivity index (χ3n) is 4.02. The quantitative estimate of drug-likeness (QED) is 0.708. The van der Waals surface area contributed by atoms with E-state index in [0.717, 1.165) is 17.0 Å². The van der Waals surface area contributed by atoms with Gasteiger partial charge in [0.1, 0.15) is 11.8 Å². The first-order chi connectivity index (χ1) is 12.4.